The number of non-ortho nitro benzene ring substituents is 1. The summed E-state index contributed by atoms with van der Waals surface area (Å²) in [5, 5.41) is 20.4. The monoisotopic (exact) mass is 452 g/mol. The van der Waals surface area contributed by atoms with Crippen molar-refractivity contribution in [2.75, 3.05) is 21.7 Å². The zero-order valence-corrected chi connectivity index (χ0v) is 18.3. The molecule has 0 aliphatic rings. The van der Waals surface area contributed by atoms with E-state index in [2.05, 4.69) is 16.0 Å². The van der Waals surface area contributed by atoms with Crippen LogP contribution in [0.1, 0.15) is 5.56 Å². The Morgan fingerprint density at radius 2 is 1.68 bits per heavy atom. The standard InChI is InChI=1S/C22H20N4O3S2/c1-15-10-11-18(26(28)29)13-20(15)25-21(27)14-31-19-9-5-8-17(12-19)24-22(30)23-16-6-3-2-4-7-16/h2-13H,14H2,1H3,(H,25,27)(H2,23,24,30). The molecule has 0 aliphatic carbocycles. The third-order valence-electron chi connectivity index (χ3n) is 4.20. The molecule has 0 atom stereocenters. The number of nitrogens with one attached hydrogen (secondary N) is 3. The van der Waals surface area contributed by atoms with Crippen LogP contribution in [-0.4, -0.2) is 21.7 Å². The number of aryl methyl sites for hydroxylation is 1. The zero-order valence-electron chi connectivity index (χ0n) is 16.6. The average Bonchev–Trinajstić information content (AvgIpc) is 2.74. The minimum Gasteiger partial charge on any atom is -0.332 e. The number of carbonyl (C=O) groups is 1. The molecule has 3 rings (SSSR count). The fourth-order valence-electron chi connectivity index (χ4n) is 2.67. The van der Waals surface area contributed by atoms with Crippen LogP contribution in [0.4, 0.5) is 22.7 Å². The van der Waals surface area contributed by atoms with Crippen molar-refractivity contribution < 1.29 is 9.72 Å². The first-order valence-electron chi connectivity index (χ1n) is 9.31. The Kier molecular flexibility index (Phi) is 7.58. The molecule has 0 saturated heterocycles. The van der Waals surface area contributed by atoms with Crippen molar-refractivity contribution in [1.82, 2.24) is 0 Å². The van der Waals surface area contributed by atoms with Gasteiger partial charge in [0.1, 0.15) is 0 Å². The molecule has 3 aromatic rings. The van der Waals surface area contributed by atoms with Gasteiger partial charge in [-0.1, -0.05) is 30.3 Å². The number of amides is 1. The number of nitro benzene ring substituents is 1. The first kappa shape index (κ1) is 22.3. The first-order valence-corrected chi connectivity index (χ1v) is 10.7. The van der Waals surface area contributed by atoms with Gasteiger partial charge in [-0.3, -0.25) is 14.9 Å². The smallest absolute Gasteiger partial charge is 0.271 e. The lowest BCUT2D eigenvalue weighted by Crippen LogP contribution is -2.19. The molecule has 0 unspecified atom stereocenters. The Bertz CT molecular complexity index is 1110. The van der Waals surface area contributed by atoms with Gasteiger partial charge < -0.3 is 16.0 Å². The number of nitrogens with zero attached hydrogens (tertiary/aromatic N) is 1. The van der Waals surface area contributed by atoms with Gasteiger partial charge >= 0.3 is 0 Å². The molecule has 0 radical (unpaired) electrons. The minimum absolute atomic E-state index is 0.0626. The van der Waals surface area contributed by atoms with E-state index in [-0.39, 0.29) is 17.3 Å². The second-order valence-electron chi connectivity index (χ2n) is 6.57. The maximum absolute atomic E-state index is 12.3. The van der Waals surface area contributed by atoms with Gasteiger partial charge in [0.15, 0.2) is 5.11 Å². The van der Waals surface area contributed by atoms with E-state index in [0.717, 1.165) is 21.8 Å². The van der Waals surface area contributed by atoms with Gasteiger partial charge in [0.05, 0.1) is 16.4 Å². The number of thioether (sulfide) groups is 1. The molecule has 0 aromatic heterocycles. The summed E-state index contributed by atoms with van der Waals surface area (Å²) in [5.41, 5.74) is 2.82. The highest BCUT2D eigenvalue weighted by Gasteiger charge is 2.11. The van der Waals surface area contributed by atoms with Gasteiger partial charge in [0.25, 0.3) is 5.69 Å². The van der Waals surface area contributed by atoms with Crippen LogP contribution in [0, 0.1) is 17.0 Å². The molecule has 3 aromatic carbocycles. The van der Waals surface area contributed by atoms with E-state index in [0.29, 0.717) is 10.8 Å². The fourth-order valence-corrected chi connectivity index (χ4v) is 3.66. The number of para-hydroxylation sites is 1. The van der Waals surface area contributed by atoms with Crippen molar-refractivity contribution in [2.24, 2.45) is 0 Å². The molecule has 7 nitrogen and oxygen atoms in total. The SMILES string of the molecule is Cc1ccc([N+](=O)[O-])cc1NC(=O)CSc1cccc(NC(=S)Nc2ccccc2)c1. The van der Waals surface area contributed by atoms with Crippen molar-refractivity contribution >= 4 is 57.7 Å². The highest BCUT2D eigenvalue weighted by molar-refractivity contribution is 8.00. The first-order chi connectivity index (χ1) is 14.9. The van der Waals surface area contributed by atoms with Crippen molar-refractivity contribution in [1.29, 1.82) is 0 Å². The lowest BCUT2D eigenvalue weighted by Gasteiger charge is -2.12. The molecule has 0 heterocycles. The van der Waals surface area contributed by atoms with E-state index in [9.17, 15) is 14.9 Å². The maximum atomic E-state index is 12.3. The van der Waals surface area contributed by atoms with Crippen LogP contribution in [0.3, 0.4) is 0 Å². The van der Waals surface area contributed by atoms with Gasteiger partial charge in [-0.25, -0.2) is 0 Å². The number of anilines is 3. The van der Waals surface area contributed by atoms with E-state index in [4.69, 9.17) is 12.2 Å². The number of carbonyl (C=O) groups excluding carboxylic acids is 1. The van der Waals surface area contributed by atoms with E-state index < -0.39 is 4.92 Å². The van der Waals surface area contributed by atoms with Crippen LogP contribution >= 0.6 is 24.0 Å². The van der Waals surface area contributed by atoms with Crippen LogP contribution in [-0.2, 0) is 4.79 Å². The summed E-state index contributed by atoms with van der Waals surface area (Å²) in [6.45, 7) is 1.79. The van der Waals surface area contributed by atoms with E-state index >= 15 is 0 Å². The van der Waals surface area contributed by atoms with Gasteiger partial charge in [-0.05, 0) is 55.0 Å². The molecule has 0 aliphatic heterocycles. The molecule has 158 valence electrons. The third-order valence-corrected chi connectivity index (χ3v) is 5.40. The quantitative estimate of drug-likeness (QED) is 0.190. The topological polar surface area (TPSA) is 96.3 Å². The van der Waals surface area contributed by atoms with Crippen molar-refractivity contribution in [3.05, 3.63) is 88.5 Å². The summed E-state index contributed by atoms with van der Waals surface area (Å²) in [7, 11) is 0. The fraction of sp³-hybridized carbons (Fsp3) is 0.0909. The van der Waals surface area contributed by atoms with E-state index in [1.54, 1.807) is 13.0 Å². The predicted molar refractivity (Wildman–Crippen MR) is 130 cm³/mol. The summed E-state index contributed by atoms with van der Waals surface area (Å²) >= 11 is 6.70. The third kappa shape index (κ3) is 6.80. The Balaban J connectivity index is 1.55. The van der Waals surface area contributed by atoms with Gasteiger partial charge in [-0.15, -0.1) is 11.8 Å². The average molecular weight is 453 g/mol. The number of thiocarbonyl (C=S) groups is 1. The molecule has 0 bridgehead atoms. The van der Waals surface area contributed by atoms with Crippen LogP contribution in [0.5, 0.6) is 0 Å². The van der Waals surface area contributed by atoms with Crippen molar-refractivity contribution in [3.8, 4) is 0 Å². The van der Waals surface area contributed by atoms with Crippen molar-refractivity contribution in [2.45, 2.75) is 11.8 Å². The predicted octanol–water partition coefficient (Wildman–Crippen LogP) is 5.44. The Morgan fingerprint density at radius 1 is 0.968 bits per heavy atom. The second kappa shape index (κ2) is 10.6. The molecule has 0 saturated carbocycles. The molecular formula is C22H20N4O3S2. The van der Waals surface area contributed by atoms with Crippen LogP contribution < -0.4 is 16.0 Å². The lowest BCUT2D eigenvalue weighted by molar-refractivity contribution is -0.384. The Morgan fingerprint density at radius 3 is 2.42 bits per heavy atom. The Hall–Kier alpha value is -3.43. The van der Waals surface area contributed by atoms with Gasteiger partial charge in [0, 0.05) is 28.4 Å². The summed E-state index contributed by atoms with van der Waals surface area (Å²) in [5.74, 6) is -0.0774. The Labute approximate surface area is 189 Å². The highest BCUT2D eigenvalue weighted by Crippen LogP contribution is 2.24. The van der Waals surface area contributed by atoms with Crippen LogP contribution in [0.15, 0.2) is 77.7 Å². The largest absolute Gasteiger partial charge is 0.332 e. The number of hydrogen-bond donors (Lipinski definition) is 3. The number of rotatable bonds is 7. The highest BCUT2D eigenvalue weighted by atomic mass is 32.2. The van der Waals surface area contributed by atoms with Crippen molar-refractivity contribution in [3.63, 3.8) is 0 Å². The van der Waals surface area contributed by atoms with Gasteiger partial charge in [-0.2, -0.15) is 0 Å². The van der Waals surface area contributed by atoms with Crippen LogP contribution in [0.25, 0.3) is 0 Å². The summed E-state index contributed by atoms with van der Waals surface area (Å²) in [4.78, 5) is 23.7. The summed E-state index contributed by atoms with van der Waals surface area (Å²) in [6, 6.07) is 21.5. The van der Waals surface area contributed by atoms with E-state index in [1.165, 1.54) is 23.9 Å². The molecular weight excluding hydrogens is 432 g/mol. The minimum atomic E-state index is -0.487. The van der Waals surface area contributed by atoms with Crippen LogP contribution in [0.2, 0.25) is 0 Å². The molecule has 0 spiro atoms. The molecule has 1 amide bonds. The summed E-state index contributed by atoms with van der Waals surface area (Å²) < 4.78 is 0. The number of hydrogen-bond acceptors (Lipinski definition) is 5. The van der Waals surface area contributed by atoms with E-state index in [1.807, 2.05) is 54.6 Å². The second-order valence-corrected chi connectivity index (χ2v) is 8.02. The number of benzene rings is 3. The summed E-state index contributed by atoms with van der Waals surface area (Å²) in [6.07, 6.45) is 0. The molecule has 9 heteroatoms. The molecule has 0 fully saturated rings. The lowest BCUT2D eigenvalue weighted by atomic mass is 10.2. The molecule has 31 heavy (non-hydrogen) atoms. The normalized spacial score (nSPS) is 10.2. The maximum Gasteiger partial charge on any atom is 0.271 e. The zero-order chi connectivity index (χ0) is 22.2. The number of nitro groups is 1. The molecule has 3 N–H and O–H groups in total. The van der Waals surface area contributed by atoms with Gasteiger partial charge in [0.2, 0.25) is 5.91 Å².